The summed E-state index contributed by atoms with van der Waals surface area (Å²) >= 11 is 4.98. The van der Waals surface area contributed by atoms with E-state index in [0.717, 1.165) is 12.2 Å². The number of anilines is 1. The van der Waals surface area contributed by atoms with Crippen molar-refractivity contribution in [1.29, 1.82) is 0 Å². The van der Waals surface area contributed by atoms with E-state index in [1.165, 1.54) is 17.8 Å². The van der Waals surface area contributed by atoms with Crippen molar-refractivity contribution in [2.45, 2.75) is 12.5 Å². The van der Waals surface area contributed by atoms with Crippen LogP contribution in [0, 0.1) is 10.2 Å². The number of piperazine rings is 1. The Morgan fingerprint density at radius 2 is 1.86 bits per heavy atom. The zero-order chi connectivity index (χ0) is 25.1. The molecule has 4 amide bonds. The number of aliphatic imine (C=N–C) groups is 1. The van der Waals surface area contributed by atoms with Gasteiger partial charge in [-0.2, -0.15) is 0 Å². The second-order valence-electron chi connectivity index (χ2n) is 8.98. The molecule has 2 saturated heterocycles. The molecule has 2 fully saturated rings. The Bertz CT molecular complexity index is 1410. The Balaban J connectivity index is 1.57. The Morgan fingerprint density at radius 1 is 1.14 bits per heavy atom. The number of H-pyrrole nitrogens is 1. The van der Waals surface area contributed by atoms with E-state index in [4.69, 9.17) is 12.2 Å². The molecule has 2 aromatic rings. The van der Waals surface area contributed by atoms with Crippen LogP contribution in [-0.2, 0) is 23.1 Å². The fourth-order valence-electron chi connectivity index (χ4n) is 5.03. The minimum absolute atomic E-state index is 0.0565. The molecule has 1 spiro atoms. The number of rotatable bonds is 2. The van der Waals surface area contributed by atoms with Gasteiger partial charge in [-0.05, 0) is 49.4 Å². The number of amides is 4. The van der Waals surface area contributed by atoms with Gasteiger partial charge in [-0.3, -0.25) is 39.6 Å². The molecule has 3 aliphatic heterocycles. The van der Waals surface area contributed by atoms with E-state index in [9.17, 15) is 24.3 Å². The first kappa shape index (κ1) is 22.9. The number of hydrogen-bond acceptors (Lipinski definition) is 9. The van der Waals surface area contributed by atoms with Gasteiger partial charge in [0.2, 0.25) is 17.7 Å². The number of aromatic nitrogens is 2. The molecule has 0 aliphatic carbocycles. The lowest BCUT2D eigenvalue weighted by Gasteiger charge is -2.53. The number of fused-ring (bicyclic) bond motifs is 4. The van der Waals surface area contributed by atoms with E-state index < -0.39 is 34.9 Å². The van der Waals surface area contributed by atoms with E-state index in [2.05, 4.69) is 25.5 Å². The van der Waals surface area contributed by atoms with Crippen LogP contribution in [0.2, 0.25) is 0 Å². The molecule has 4 heterocycles. The van der Waals surface area contributed by atoms with Crippen molar-refractivity contribution >= 4 is 47.7 Å². The highest BCUT2D eigenvalue weighted by Crippen LogP contribution is 2.45. The highest BCUT2D eigenvalue weighted by molar-refractivity contribution is 7.71. The summed E-state index contributed by atoms with van der Waals surface area (Å²) in [6.45, 7) is 1.82. The van der Waals surface area contributed by atoms with Crippen molar-refractivity contribution in [1.82, 2.24) is 25.1 Å². The van der Waals surface area contributed by atoms with Crippen LogP contribution in [0.3, 0.4) is 0 Å². The van der Waals surface area contributed by atoms with Gasteiger partial charge >= 0.3 is 6.03 Å². The Kier molecular flexibility index (Phi) is 5.33. The topological polar surface area (TPSA) is 152 Å². The van der Waals surface area contributed by atoms with Crippen LogP contribution in [0.5, 0.6) is 5.88 Å². The fourth-order valence-corrected chi connectivity index (χ4v) is 5.21. The lowest BCUT2D eigenvalue weighted by atomic mass is 9.68. The minimum Gasteiger partial charge on any atom is -0.494 e. The van der Waals surface area contributed by atoms with Gasteiger partial charge in [0.25, 0.3) is 5.56 Å². The van der Waals surface area contributed by atoms with Crippen LogP contribution in [0.15, 0.2) is 28.0 Å². The van der Waals surface area contributed by atoms with Crippen LogP contribution in [0.25, 0.3) is 0 Å². The molecule has 35 heavy (non-hydrogen) atoms. The highest BCUT2D eigenvalue weighted by Gasteiger charge is 2.60. The van der Waals surface area contributed by atoms with Crippen molar-refractivity contribution < 1.29 is 19.5 Å². The van der Waals surface area contributed by atoms with Gasteiger partial charge in [-0.25, -0.2) is 4.79 Å². The zero-order valence-electron chi connectivity index (χ0n) is 19.0. The molecule has 3 aliphatic rings. The number of aromatic hydroxyl groups is 1. The average molecular weight is 498 g/mol. The van der Waals surface area contributed by atoms with Crippen LogP contribution < -0.4 is 21.1 Å². The SMILES string of the molecule is CN1CCN2c3ccc(N=Cc4c(O)n(C)c(=S)[nH]c4=O)cc3CC3(C(=O)NC(=O)NC3=O)[C@H]2C1. The summed E-state index contributed by atoms with van der Waals surface area (Å²) in [5.74, 6) is -1.56. The molecule has 182 valence electrons. The molecule has 5 rings (SSSR count). The van der Waals surface area contributed by atoms with Crippen LogP contribution >= 0.6 is 12.2 Å². The van der Waals surface area contributed by atoms with Gasteiger partial charge < -0.3 is 14.9 Å². The van der Waals surface area contributed by atoms with Crippen LogP contribution in [-0.4, -0.2) is 76.3 Å². The van der Waals surface area contributed by atoms with Crippen molar-refractivity contribution in [3.8, 4) is 5.88 Å². The largest absolute Gasteiger partial charge is 0.494 e. The van der Waals surface area contributed by atoms with Gasteiger partial charge in [0.1, 0.15) is 5.56 Å². The molecule has 12 nitrogen and oxygen atoms in total. The number of barbiturate groups is 1. The maximum atomic E-state index is 13.1. The number of nitrogens with zero attached hydrogens (tertiary/aromatic N) is 4. The Morgan fingerprint density at radius 3 is 2.57 bits per heavy atom. The molecule has 1 atom stereocenters. The number of aromatic amines is 1. The first-order valence-electron chi connectivity index (χ1n) is 10.9. The number of urea groups is 1. The molecular weight excluding hydrogens is 474 g/mol. The number of hydrogen-bond donors (Lipinski definition) is 4. The predicted octanol–water partition coefficient (Wildman–Crippen LogP) is -0.0720. The molecule has 1 aromatic carbocycles. The second kappa shape index (κ2) is 8.13. The number of carbonyl (C=O) groups excluding carboxylic acids is 3. The third-order valence-corrected chi connectivity index (χ3v) is 7.31. The first-order chi connectivity index (χ1) is 16.6. The molecule has 4 N–H and O–H groups in total. The van der Waals surface area contributed by atoms with Crippen molar-refractivity contribution in [3.05, 3.63) is 44.5 Å². The molecule has 0 radical (unpaired) electrons. The summed E-state index contributed by atoms with van der Waals surface area (Å²) < 4.78 is 1.33. The number of carbonyl (C=O) groups is 3. The normalized spacial score (nSPS) is 21.6. The minimum atomic E-state index is -1.49. The Labute approximate surface area is 204 Å². The lowest BCUT2D eigenvalue weighted by Crippen LogP contribution is -2.74. The number of likely N-dealkylation sites (N-methyl/N-ethyl adjacent to an activating group) is 1. The first-order valence-corrected chi connectivity index (χ1v) is 11.3. The lowest BCUT2D eigenvalue weighted by molar-refractivity contribution is -0.147. The fraction of sp³-hybridized carbons (Fsp3) is 0.364. The van der Waals surface area contributed by atoms with E-state index >= 15 is 0 Å². The van der Waals surface area contributed by atoms with Gasteiger partial charge in [0.05, 0.1) is 11.7 Å². The standard InChI is InChI=1S/C22H23N7O5S/c1-27-5-6-29-14-4-3-12(23-9-13-16(30)24-21(35)28(2)17(13)31)7-11(14)8-22(15(29)10-27)18(32)25-20(34)26-19(22)33/h3-4,7,9,15,31H,5-6,8,10H2,1-2H3,(H,24,30,35)(H2,25,26,32,33,34)/t15-/m1/s1. The average Bonchev–Trinajstić information content (AvgIpc) is 2.80. The summed E-state index contributed by atoms with van der Waals surface area (Å²) in [4.78, 5) is 61.2. The second-order valence-corrected chi connectivity index (χ2v) is 9.37. The predicted molar refractivity (Wildman–Crippen MR) is 129 cm³/mol. The summed E-state index contributed by atoms with van der Waals surface area (Å²) in [5.41, 5.74) is -0.0633. The maximum absolute atomic E-state index is 13.1. The van der Waals surface area contributed by atoms with E-state index in [0.29, 0.717) is 24.3 Å². The molecule has 0 saturated carbocycles. The van der Waals surface area contributed by atoms with Gasteiger partial charge in [-0.15, -0.1) is 0 Å². The number of nitrogens with one attached hydrogen (secondary N) is 3. The summed E-state index contributed by atoms with van der Waals surface area (Å²) in [5, 5.41) is 14.8. The smallest absolute Gasteiger partial charge is 0.328 e. The van der Waals surface area contributed by atoms with E-state index in [1.807, 2.05) is 18.0 Å². The molecule has 0 unspecified atom stereocenters. The summed E-state index contributed by atoms with van der Waals surface area (Å²) in [6.07, 6.45) is 1.32. The van der Waals surface area contributed by atoms with Gasteiger partial charge in [0, 0.05) is 38.6 Å². The van der Waals surface area contributed by atoms with Gasteiger partial charge in [-0.1, -0.05) is 0 Å². The quantitative estimate of drug-likeness (QED) is 0.256. The number of benzene rings is 1. The maximum Gasteiger partial charge on any atom is 0.328 e. The third-order valence-electron chi connectivity index (χ3n) is 6.93. The van der Waals surface area contributed by atoms with E-state index in [-0.39, 0.29) is 22.6 Å². The third kappa shape index (κ3) is 3.54. The van der Waals surface area contributed by atoms with Crippen LogP contribution in [0.1, 0.15) is 11.1 Å². The Hall–Kier alpha value is -3.84. The highest BCUT2D eigenvalue weighted by atomic mass is 32.1. The monoisotopic (exact) mass is 497 g/mol. The van der Waals surface area contributed by atoms with Crippen molar-refractivity contribution in [2.75, 3.05) is 31.6 Å². The molecule has 1 aromatic heterocycles. The van der Waals surface area contributed by atoms with Crippen molar-refractivity contribution in [2.24, 2.45) is 17.5 Å². The van der Waals surface area contributed by atoms with Crippen LogP contribution in [0.4, 0.5) is 16.2 Å². The molecule has 13 heteroatoms. The summed E-state index contributed by atoms with van der Waals surface area (Å²) in [6, 6.07) is 4.09. The van der Waals surface area contributed by atoms with E-state index in [1.54, 1.807) is 12.1 Å². The van der Waals surface area contributed by atoms with Crippen molar-refractivity contribution in [3.63, 3.8) is 0 Å². The zero-order valence-corrected chi connectivity index (χ0v) is 19.8. The molecule has 0 bridgehead atoms. The molecular formula is C22H23N7O5S. The summed E-state index contributed by atoms with van der Waals surface area (Å²) in [7, 11) is 3.44. The van der Waals surface area contributed by atoms with Gasteiger partial charge in [0.15, 0.2) is 10.2 Å². The number of imide groups is 2.